The largest absolute Gasteiger partial charge is 0.475 e. The molecule has 1 aromatic rings. The lowest BCUT2D eigenvalue weighted by atomic mass is 10.1. The number of methoxy groups -OCH3 is 1. The number of amides is 1. The lowest BCUT2D eigenvalue weighted by Crippen LogP contribution is -2.13. The summed E-state index contributed by atoms with van der Waals surface area (Å²) in [6.07, 6.45) is -0.641. The number of hydrogen-bond acceptors (Lipinski definition) is 4. The van der Waals surface area contributed by atoms with Crippen molar-refractivity contribution in [2.45, 2.75) is 0 Å². The molecule has 0 saturated carbocycles. The normalized spacial score (nSPS) is 9.31. The lowest BCUT2D eigenvalue weighted by Gasteiger charge is -2.03. The van der Waals surface area contributed by atoms with E-state index in [2.05, 4.69) is 10.1 Å². The third-order valence-corrected chi connectivity index (χ3v) is 1.77. The van der Waals surface area contributed by atoms with Gasteiger partial charge in [-0.05, 0) is 24.3 Å². The Bertz CT molecular complexity index is 423. The summed E-state index contributed by atoms with van der Waals surface area (Å²) in [7, 11) is 1.22. The van der Waals surface area contributed by atoms with Gasteiger partial charge in [0.15, 0.2) is 0 Å². The summed E-state index contributed by atoms with van der Waals surface area (Å²) >= 11 is 0. The van der Waals surface area contributed by atoms with Crippen molar-refractivity contribution in [1.82, 2.24) is 0 Å². The number of aliphatic carboxylic acids is 1. The Morgan fingerprint density at radius 1 is 1.19 bits per heavy atom. The minimum atomic E-state index is -1.52. The molecule has 0 aliphatic carbocycles. The molecule has 1 aromatic carbocycles. The van der Waals surface area contributed by atoms with Gasteiger partial charge in [-0.3, -0.25) is 10.1 Å². The molecule has 6 heteroatoms. The van der Waals surface area contributed by atoms with Gasteiger partial charge in [-0.25, -0.2) is 9.59 Å². The van der Waals surface area contributed by atoms with Crippen LogP contribution >= 0.6 is 0 Å². The van der Waals surface area contributed by atoms with E-state index in [1.54, 1.807) is 0 Å². The van der Waals surface area contributed by atoms with Crippen LogP contribution in [-0.4, -0.2) is 30.1 Å². The van der Waals surface area contributed by atoms with E-state index in [0.29, 0.717) is 5.69 Å². The van der Waals surface area contributed by atoms with Gasteiger partial charge in [0, 0.05) is 11.3 Å². The zero-order chi connectivity index (χ0) is 12.1. The number of Topliss-reactive ketones (excluding diaryl/α,β-unsaturated/α-hetero) is 1. The number of carbonyl (C=O) groups excluding carboxylic acids is 2. The molecule has 0 fully saturated rings. The molecule has 1 rings (SSSR count). The van der Waals surface area contributed by atoms with Crippen LogP contribution in [-0.2, 0) is 9.53 Å². The van der Waals surface area contributed by atoms with Crippen LogP contribution in [0.3, 0.4) is 0 Å². The summed E-state index contributed by atoms with van der Waals surface area (Å²) in [5, 5.41) is 10.8. The first-order chi connectivity index (χ1) is 7.54. The standard InChI is InChI=1S/C10H9NO5/c1-16-10(15)11-7-4-2-6(3-5-7)8(12)9(13)14/h2-5H,1H3,(H,11,15)(H,13,14). The molecule has 0 spiro atoms. The zero-order valence-corrected chi connectivity index (χ0v) is 8.39. The molecule has 6 nitrogen and oxygen atoms in total. The Morgan fingerprint density at radius 2 is 1.75 bits per heavy atom. The maximum atomic E-state index is 11.0. The molecule has 84 valence electrons. The molecule has 0 aliphatic heterocycles. The van der Waals surface area contributed by atoms with Crippen LogP contribution in [0.25, 0.3) is 0 Å². The van der Waals surface area contributed by atoms with E-state index >= 15 is 0 Å². The predicted octanol–water partition coefficient (Wildman–Crippen LogP) is 1.13. The van der Waals surface area contributed by atoms with Crippen molar-refractivity contribution < 1.29 is 24.2 Å². The summed E-state index contributed by atoms with van der Waals surface area (Å²) in [5.74, 6) is -2.52. The Hall–Kier alpha value is -2.37. The average Bonchev–Trinajstić information content (AvgIpc) is 2.28. The monoisotopic (exact) mass is 223 g/mol. The number of ketones is 1. The summed E-state index contributed by atoms with van der Waals surface area (Å²) < 4.78 is 4.36. The highest BCUT2D eigenvalue weighted by Gasteiger charge is 2.13. The topological polar surface area (TPSA) is 92.7 Å². The number of carboxylic acids is 1. The van der Waals surface area contributed by atoms with Gasteiger partial charge in [0.1, 0.15) is 0 Å². The molecule has 0 bridgehead atoms. The quantitative estimate of drug-likeness (QED) is 0.591. The number of benzene rings is 1. The summed E-state index contributed by atoms with van der Waals surface area (Å²) in [4.78, 5) is 32.2. The highest BCUT2D eigenvalue weighted by Crippen LogP contribution is 2.10. The van der Waals surface area contributed by atoms with Crippen LogP contribution in [0, 0.1) is 0 Å². The molecule has 1 amide bonds. The van der Waals surface area contributed by atoms with Crippen molar-refractivity contribution in [2.75, 3.05) is 12.4 Å². The Morgan fingerprint density at radius 3 is 2.19 bits per heavy atom. The van der Waals surface area contributed by atoms with E-state index in [0.717, 1.165) is 0 Å². The van der Waals surface area contributed by atoms with Crippen LogP contribution in [0.15, 0.2) is 24.3 Å². The smallest absolute Gasteiger partial charge is 0.411 e. The van der Waals surface area contributed by atoms with Crippen molar-refractivity contribution in [1.29, 1.82) is 0 Å². The molecular formula is C10H9NO5. The maximum Gasteiger partial charge on any atom is 0.411 e. The van der Waals surface area contributed by atoms with Gasteiger partial charge >= 0.3 is 12.1 Å². The number of nitrogens with one attached hydrogen (secondary N) is 1. The van der Waals surface area contributed by atoms with Crippen molar-refractivity contribution in [3.05, 3.63) is 29.8 Å². The van der Waals surface area contributed by atoms with Crippen LogP contribution in [0.5, 0.6) is 0 Å². The molecule has 0 heterocycles. The van der Waals surface area contributed by atoms with Gasteiger partial charge in [0.25, 0.3) is 5.78 Å². The van der Waals surface area contributed by atoms with E-state index in [4.69, 9.17) is 5.11 Å². The second-order valence-electron chi connectivity index (χ2n) is 2.83. The lowest BCUT2D eigenvalue weighted by molar-refractivity contribution is -0.131. The second-order valence-corrected chi connectivity index (χ2v) is 2.83. The molecule has 16 heavy (non-hydrogen) atoms. The summed E-state index contributed by atoms with van der Waals surface area (Å²) in [6.45, 7) is 0. The van der Waals surface area contributed by atoms with Crippen LogP contribution in [0.1, 0.15) is 10.4 Å². The van der Waals surface area contributed by atoms with E-state index in [-0.39, 0.29) is 5.56 Å². The zero-order valence-electron chi connectivity index (χ0n) is 8.39. The Kier molecular flexibility index (Phi) is 3.60. The molecule has 0 radical (unpaired) electrons. The first-order valence-electron chi connectivity index (χ1n) is 4.27. The molecule has 0 saturated heterocycles. The second kappa shape index (κ2) is 4.92. The molecule has 0 aromatic heterocycles. The maximum absolute atomic E-state index is 11.0. The number of rotatable bonds is 3. The minimum absolute atomic E-state index is 0.0444. The van der Waals surface area contributed by atoms with E-state index in [9.17, 15) is 14.4 Å². The van der Waals surface area contributed by atoms with E-state index in [1.165, 1.54) is 31.4 Å². The Labute approximate surface area is 90.8 Å². The van der Waals surface area contributed by atoms with Crippen molar-refractivity contribution in [3.8, 4) is 0 Å². The van der Waals surface area contributed by atoms with Crippen LogP contribution in [0.2, 0.25) is 0 Å². The summed E-state index contributed by atoms with van der Waals surface area (Å²) in [5.41, 5.74) is 0.455. The van der Waals surface area contributed by atoms with Crippen LogP contribution < -0.4 is 5.32 Å². The van der Waals surface area contributed by atoms with E-state index in [1.807, 2.05) is 0 Å². The van der Waals surface area contributed by atoms with E-state index < -0.39 is 17.8 Å². The minimum Gasteiger partial charge on any atom is -0.475 e. The first kappa shape index (κ1) is 11.7. The fourth-order valence-electron chi connectivity index (χ4n) is 0.997. The molecular weight excluding hydrogens is 214 g/mol. The van der Waals surface area contributed by atoms with Gasteiger partial charge in [-0.15, -0.1) is 0 Å². The third-order valence-electron chi connectivity index (χ3n) is 1.77. The summed E-state index contributed by atoms with van der Waals surface area (Å²) in [6, 6.07) is 5.43. The first-order valence-corrected chi connectivity index (χ1v) is 4.27. The molecule has 2 N–H and O–H groups in total. The molecule has 0 aliphatic rings. The number of carboxylic acid groups (broad SMARTS) is 1. The van der Waals surface area contributed by atoms with Gasteiger partial charge in [0.05, 0.1) is 7.11 Å². The van der Waals surface area contributed by atoms with Gasteiger partial charge < -0.3 is 9.84 Å². The van der Waals surface area contributed by atoms with Crippen molar-refractivity contribution in [3.63, 3.8) is 0 Å². The van der Waals surface area contributed by atoms with Gasteiger partial charge in [0.2, 0.25) is 0 Å². The molecule has 0 unspecified atom stereocenters. The highest BCUT2D eigenvalue weighted by atomic mass is 16.5. The van der Waals surface area contributed by atoms with Crippen LogP contribution in [0.4, 0.5) is 10.5 Å². The average molecular weight is 223 g/mol. The number of ether oxygens (including phenoxy) is 1. The molecule has 0 atom stereocenters. The number of hydrogen-bond donors (Lipinski definition) is 2. The fourth-order valence-corrected chi connectivity index (χ4v) is 0.997. The van der Waals surface area contributed by atoms with Crippen molar-refractivity contribution in [2.24, 2.45) is 0 Å². The fraction of sp³-hybridized carbons (Fsp3) is 0.100. The van der Waals surface area contributed by atoms with Gasteiger partial charge in [-0.2, -0.15) is 0 Å². The Balaban J connectivity index is 2.79. The SMILES string of the molecule is COC(=O)Nc1ccc(C(=O)C(=O)O)cc1. The number of anilines is 1. The van der Waals surface area contributed by atoms with Crippen molar-refractivity contribution >= 4 is 23.5 Å². The number of carbonyl (C=O) groups is 3. The van der Waals surface area contributed by atoms with Gasteiger partial charge in [-0.1, -0.05) is 0 Å². The highest BCUT2D eigenvalue weighted by molar-refractivity contribution is 6.39. The predicted molar refractivity (Wildman–Crippen MR) is 54.4 cm³/mol. The third kappa shape index (κ3) is 2.81.